The van der Waals surface area contributed by atoms with Crippen LogP contribution in [0.4, 0.5) is 17.6 Å². The van der Waals surface area contributed by atoms with Crippen LogP contribution in [0, 0.1) is 13.8 Å². The Hall–Kier alpha value is -1.14. The molecule has 18 heavy (non-hydrogen) atoms. The number of hydrogen-bond donors (Lipinski definition) is 2. The molecule has 0 bridgehead atoms. The van der Waals surface area contributed by atoms with Crippen molar-refractivity contribution in [2.24, 2.45) is 0 Å². The normalized spacial score (nSPS) is 12.9. The van der Waals surface area contributed by atoms with E-state index in [2.05, 4.69) is 0 Å². The van der Waals surface area contributed by atoms with Crippen molar-refractivity contribution in [2.45, 2.75) is 25.7 Å². The van der Waals surface area contributed by atoms with Gasteiger partial charge in [0, 0.05) is 11.1 Å². The maximum absolute atomic E-state index is 13.3. The molecule has 0 fully saturated rings. The molecule has 0 aliphatic rings. The summed E-state index contributed by atoms with van der Waals surface area (Å²) in [7, 11) is 0. The van der Waals surface area contributed by atoms with E-state index in [1.807, 2.05) is 0 Å². The molecule has 0 aliphatic heterocycles. The Morgan fingerprint density at radius 2 is 1.11 bits per heavy atom. The topological polar surface area (TPSA) is 40.5 Å². The van der Waals surface area contributed by atoms with E-state index in [-0.39, 0.29) is 11.1 Å². The Labute approximate surface area is 102 Å². The monoisotopic (exact) mass is 266 g/mol. The molecule has 0 radical (unpaired) electrons. The predicted octanol–water partition coefficient (Wildman–Crippen LogP) is 2.47. The van der Waals surface area contributed by atoms with Gasteiger partial charge in [-0.05, 0) is 25.0 Å². The molecule has 2 nitrogen and oxygen atoms in total. The summed E-state index contributed by atoms with van der Waals surface area (Å²) in [4.78, 5) is 0. The molecule has 0 amide bonds. The zero-order chi connectivity index (χ0) is 14.1. The SMILES string of the molecule is Cc1c(C(F)(F)CO)ccc(C(F)(F)CO)c1C. The van der Waals surface area contributed by atoms with Crippen LogP contribution in [0.3, 0.4) is 0 Å². The highest BCUT2D eigenvalue weighted by Gasteiger charge is 2.37. The summed E-state index contributed by atoms with van der Waals surface area (Å²) in [6.45, 7) is -0.206. The van der Waals surface area contributed by atoms with Crippen LogP contribution < -0.4 is 0 Å². The first-order valence-electron chi connectivity index (χ1n) is 5.26. The van der Waals surface area contributed by atoms with Gasteiger partial charge in [0.05, 0.1) is 0 Å². The molecule has 0 atom stereocenters. The zero-order valence-corrected chi connectivity index (χ0v) is 9.98. The molecule has 0 spiro atoms. The molecule has 1 aromatic rings. The van der Waals surface area contributed by atoms with Crippen LogP contribution in [0.1, 0.15) is 22.3 Å². The van der Waals surface area contributed by atoms with Gasteiger partial charge in [0.2, 0.25) is 0 Å². The fourth-order valence-corrected chi connectivity index (χ4v) is 1.78. The first-order chi connectivity index (χ1) is 8.17. The number of hydrogen-bond acceptors (Lipinski definition) is 2. The van der Waals surface area contributed by atoms with Crippen molar-refractivity contribution < 1.29 is 27.8 Å². The summed E-state index contributed by atoms with van der Waals surface area (Å²) >= 11 is 0. The lowest BCUT2D eigenvalue weighted by Gasteiger charge is -2.22. The smallest absolute Gasteiger partial charge is 0.296 e. The largest absolute Gasteiger partial charge is 0.390 e. The highest BCUT2D eigenvalue weighted by atomic mass is 19.3. The van der Waals surface area contributed by atoms with Gasteiger partial charge in [-0.25, -0.2) is 0 Å². The van der Waals surface area contributed by atoms with Crippen molar-refractivity contribution in [3.8, 4) is 0 Å². The van der Waals surface area contributed by atoms with Gasteiger partial charge in [0.1, 0.15) is 13.2 Å². The molecular weight excluding hydrogens is 252 g/mol. The van der Waals surface area contributed by atoms with Crippen LogP contribution in [-0.4, -0.2) is 23.4 Å². The number of halogens is 4. The number of benzene rings is 1. The van der Waals surface area contributed by atoms with Gasteiger partial charge in [-0.2, -0.15) is 17.6 Å². The molecule has 102 valence electrons. The van der Waals surface area contributed by atoms with Crippen LogP contribution in [0.25, 0.3) is 0 Å². The van der Waals surface area contributed by atoms with Gasteiger partial charge in [-0.15, -0.1) is 0 Å². The lowest BCUT2D eigenvalue weighted by atomic mass is 9.92. The third kappa shape index (κ3) is 2.49. The Kier molecular flexibility index (Phi) is 4.02. The highest BCUT2D eigenvalue weighted by molar-refractivity contribution is 5.43. The third-order valence-corrected chi connectivity index (χ3v) is 2.97. The van der Waals surface area contributed by atoms with Gasteiger partial charge in [-0.3, -0.25) is 0 Å². The summed E-state index contributed by atoms with van der Waals surface area (Å²) in [5, 5.41) is 17.2. The minimum atomic E-state index is -3.47. The van der Waals surface area contributed by atoms with E-state index in [4.69, 9.17) is 10.2 Å². The van der Waals surface area contributed by atoms with Crippen molar-refractivity contribution in [2.75, 3.05) is 13.2 Å². The van der Waals surface area contributed by atoms with E-state index in [0.29, 0.717) is 0 Å². The molecule has 0 aromatic heterocycles. The molecular formula is C12H14F4O2. The number of alkyl halides is 4. The first-order valence-corrected chi connectivity index (χ1v) is 5.26. The fraction of sp³-hybridized carbons (Fsp3) is 0.500. The van der Waals surface area contributed by atoms with E-state index >= 15 is 0 Å². The van der Waals surface area contributed by atoms with Crippen molar-refractivity contribution in [3.05, 3.63) is 34.4 Å². The zero-order valence-electron chi connectivity index (χ0n) is 9.98. The molecule has 0 heterocycles. The standard InChI is InChI=1S/C12H14F4O2/c1-7-8(2)10(12(15,16)6-18)4-3-9(7)11(13,14)5-17/h3-4,17-18H,5-6H2,1-2H3. The molecule has 0 saturated carbocycles. The van der Waals surface area contributed by atoms with Crippen LogP contribution >= 0.6 is 0 Å². The third-order valence-electron chi connectivity index (χ3n) is 2.97. The summed E-state index contributed by atoms with van der Waals surface area (Å²) in [5.74, 6) is -6.94. The van der Waals surface area contributed by atoms with Crippen molar-refractivity contribution in [1.29, 1.82) is 0 Å². The van der Waals surface area contributed by atoms with Crippen LogP contribution in [0.2, 0.25) is 0 Å². The quantitative estimate of drug-likeness (QED) is 0.822. The van der Waals surface area contributed by atoms with E-state index in [9.17, 15) is 17.6 Å². The Morgan fingerprint density at radius 3 is 1.33 bits per heavy atom. The average molecular weight is 266 g/mol. The van der Waals surface area contributed by atoms with E-state index in [0.717, 1.165) is 12.1 Å². The van der Waals surface area contributed by atoms with Gasteiger partial charge < -0.3 is 10.2 Å². The average Bonchev–Trinajstić information content (AvgIpc) is 2.31. The van der Waals surface area contributed by atoms with Gasteiger partial charge in [0.25, 0.3) is 11.8 Å². The first kappa shape index (κ1) is 14.9. The molecule has 0 saturated heterocycles. The number of aliphatic hydroxyl groups is 2. The highest BCUT2D eigenvalue weighted by Crippen LogP contribution is 2.37. The van der Waals surface area contributed by atoms with Gasteiger partial charge in [0.15, 0.2) is 0 Å². The van der Waals surface area contributed by atoms with E-state index in [1.54, 1.807) is 0 Å². The maximum Gasteiger partial charge on any atom is 0.296 e. The number of rotatable bonds is 4. The number of aliphatic hydroxyl groups excluding tert-OH is 2. The summed E-state index contributed by atoms with van der Waals surface area (Å²) < 4.78 is 53.4. The molecule has 1 aromatic carbocycles. The van der Waals surface area contributed by atoms with Crippen LogP contribution in [-0.2, 0) is 11.8 Å². The Morgan fingerprint density at radius 1 is 0.833 bits per heavy atom. The maximum atomic E-state index is 13.3. The minimum absolute atomic E-state index is 0.0142. The minimum Gasteiger partial charge on any atom is -0.390 e. The van der Waals surface area contributed by atoms with Crippen molar-refractivity contribution >= 4 is 0 Å². The van der Waals surface area contributed by atoms with Gasteiger partial charge in [-0.1, -0.05) is 12.1 Å². The summed E-state index contributed by atoms with van der Waals surface area (Å²) in [6, 6.07) is 1.72. The predicted molar refractivity (Wildman–Crippen MR) is 57.9 cm³/mol. The second-order valence-corrected chi connectivity index (χ2v) is 4.14. The molecule has 1 rings (SSSR count). The molecule has 0 unspecified atom stereocenters. The van der Waals surface area contributed by atoms with E-state index in [1.165, 1.54) is 13.8 Å². The van der Waals surface area contributed by atoms with Crippen LogP contribution in [0.15, 0.2) is 12.1 Å². The summed E-state index contributed by atoms with van der Waals surface area (Å²) in [5.41, 5.74) is -1.00. The Bertz CT molecular complexity index is 403. The van der Waals surface area contributed by atoms with E-state index < -0.39 is 36.2 Å². The lowest BCUT2D eigenvalue weighted by molar-refractivity contribution is -0.0595. The molecule has 6 heteroatoms. The van der Waals surface area contributed by atoms with Gasteiger partial charge >= 0.3 is 0 Å². The molecule has 2 N–H and O–H groups in total. The van der Waals surface area contributed by atoms with Crippen LogP contribution in [0.5, 0.6) is 0 Å². The lowest BCUT2D eigenvalue weighted by Crippen LogP contribution is -2.24. The second-order valence-electron chi connectivity index (χ2n) is 4.14. The Balaban J connectivity index is 3.39. The fourth-order valence-electron chi connectivity index (χ4n) is 1.78. The molecule has 0 aliphatic carbocycles. The summed E-state index contributed by atoms with van der Waals surface area (Å²) in [6.07, 6.45) is 0. The van der Waals surface area contributed by atoms with Crippen molar-refractivity contribution in [3.63, 3.8) is 0 Å². The van der Waals surface area contributed by atoms with Crippen molar-refractivity contribution in [1.82, 2.24) is 0 Å². The second kappa shape index (κ2) is 4.85.